The van der Waals surface area contributed by atoms with Crippen molar-refractivity contribution in [2.45, 2.75) is 18.3 Å². The van der Waals surface area contributed by atoms with Gasteiger partial charge in [-0.15, -0.1) is 0 Å². The Bertz CT molecular complexity index is 422. The van der Waals surface area contributed by atoms with E-state index in [0.29, 0.717) is 0 Å². The van der Waals surface area contributed by atoms with Crippen molar-refractivity contribution in [3.63, 3.8) is 0 Å². The molecule has 4 atom stereocenters. The summed E-state index contributed by atoms with van der Waals surface area (Å²) in [5.41, 5.74) is 0. The first-order valence-corrected chi connectivity index (χ1v) is 7.84. The summed E-state index contributed by atoms with van der Waals surface area (Å²) in [6, 6.07) is 0. The van der Waals surface area contributed by atoms with Gasteiger partial charge in [0.25, 0.3) is 0 Å². The molecule has 0 aliphatic carbocycles. The first kappa shape index (κ1) is 24.0. The number of aliphatic hydroxyl groups is 4. The number of carbonyl (C=O) groups excluding carboxylic acids is 1. The molecule has 0 heterocycles. The molecule has 0 radical (unpaired) electrons. The Kier molecular flexibility index (Phi) is 11.2. The fraction of sp³-hybridized carbons (Fsp3) is 0.833. The van der Waals surface area contributed by atoms with Gasteiger partial charge in [-0.3, -0.25) is 9.32 Å². The summed E-state index contributed by atoms with van der Waals surface area (Å²) in [6.45, 7) is -2.31. The van der Waals surface area contributed by atoms with Gasteiger partial charge in [-0.2, -0.15) is 4.31 Å². The Morgan fingerprint density at radius 3 is 1.95 bits per heavy atom. The van der Waals surface area contributed by atoms with Gasteiger partial charge in [-0.05, 0) is 0 Å². The molecule has 0 aromatic heterocycles. The Labute approximate surface area is 140 Å². The van der Waals surface area contributed by atoms with Crippen molar-refractivity contribution >= 4 is 51.0 Å². The van der Waals surface area contributed by atoms with Crippen LogP contribution in [-0.4, -0.2) is 102 Å². The standard InChI is InChI=1S/C6H14O12P2.Na.H/c7-1-3(8)5(10)6(11)4(9)2-17-20(15,16)18-19(12,13)14;;/h3,5-8,10-11H,1-2H2,(H,15,16)(H2,12,13,14);;/t3-,5-,6-;;/m1../s1. The van der Waals surface area contributed by atoms with Crippen molar-refractivity contribution in [3.05, 3.63) is 0 Å². The number of phosphoric ester groups is 1. The number of Topliss-reactive ketones (excluding diaryl/α,β-unsaturated/α-hetero) is 1. The number of aliphatic hydroxyl groups excluding tert-OH is 4. The van der Waals surface area contributed by atoms with Gasteiger partial charge in [0, 0.05) is 0 Å². The van der Waals surface area contributed by atoms with E-state index in [1.165, 1.54) is 0 Å². The maximum absolute atomic E-state index is 11.2. The zero-order chi connectivity index (χ0) is 16.1. The molecule has 15 heteroatoms. The van der Waals surface area contributed by atoms with Crippen LogP contribution in [0.1, 0.15) is 0 Å². The van der Waals surface area contributed by atoms with Crippen LogP contribution in [0.15, 0.2) is 0 Å². The Morgan fingerprint density at radius 2 is 1.57 bits per heavy atom. The molecular weight excluding hydrogens is 349 g/mol. The summed E-state index contributed by atoms with van der Waals surface area (Å²) in [4.78, 5) is 36.5. The molecule has 1 unspecified atom stereocenters. The summed E-state index contributed by atoms with van der Waals surface area (Å²) in [7, 11) is -10.6. The number of rotatable bonds is 9. The van der Waals surface area contributed by atoms with Crippen molar-refractivity contribution < 1.29 is 57.9 Å². The van der Waals surface area contributed by atoms with Crippen LogP contribution in [0.3, 0.4) is 0 Å². The van der Waals surface area contributed by atoms with E-state index in [4.69, 9.17) is 30.0 Å². The van der Waals surface area contributed by atoms with Gasteiger partial charge in [0.1, 0.15) is 24.9 Å². The molecule has 12 nitrogen and oxygen atoms in total. The molecule has 0 aromatic rings. The van der Waals surface area contributed by atoms with Crippen LogP contribution in [0.25, 0.3) is 0 Å². The van der Waals surface area contributed by atoms with Crippen molar-refractivity contribution in [3.8, 4) is 0 Å². The fourth-order valence-corrected chi connectivity index (χ4v) is 2.45. The van der Waals surface area contributed by atoms with Crippen molar-refractivity contribution in [2.24, 2.45) is 0 Å². The molecular formula is C6H15NaO12P2. The molecule has 0 spiro atoms. The number of carbonyl (C=O) groups is 1. The normalized spacial score (nSPS) is 19.0. The topological polar surface area (TPSA) is 211 Å². The van der Waals surface area contributed by atoms with Crippen molar-refractivity contribution in [1.29, 1.82) is 0 Å². The molecule has 0 aliphatic rings. The Morgan fingerprint density at radius 1 is 1.10 bits per heavy atom. The van der Waals surface area contributed by atoms with Crippen LogP contribution >= 0.6 is 15.6 Å². The SMILES string of the molecule is O=C(COP(=O)(O)OP(=O)(O)O)[C@@H](O)[C@H](O)[C@H](O)CO.[NaH]. The molecule has 0 aromatic carbocycles. The summed E-state index contributed by atoms with van der Waals surface area (Å²) in [6.07, 6.45) is -6.19. The van der Waals surface area contributed by atoms with Gasteiger partial charge in [-0.25, -0.2) is 9.13 Å². The van der Waals surface area contributed by atoms with Crippen LogP contribution in [0, 0.1) is 0 Å². The summed E-state index contributed by atoms with van der Waals surface area (Å²) >= 11 is 0. The average molecular weight is 364 g/mol. The van der Waals surface area contributed by atoms with Gasteiger partial charge in [-0.1, -0.05) is 0 Å². The zero-order valence-electron chi connectivity index (χ0n) is 9.71. The average Bonchev–Trinajstić information content (AvgIpc) is 2.30. The fourth-order valence-electron chi connectivity index (χ4n) is 0.897. The minimum atomic E-state index is -5.34. The molecule has 0 aliphatic heterocycles. The van der Waals surface area contributed by atoms with E-state index >= 15 is 0 Å². The summed E-state index contributed by atoms with van der Waals surface area (Å²) < 4.78 is 28.5. The molecule has 0 bridgehead atoms. The monoisotopic (exact) mass is 364 g/mol. The molecule has 0 amide bonds. The second-order valence-corrected chi connectivity index (χ2v) is 6.30. The number of ketones is 1. The number of hydrogen-bond acceptors (Lipinski definition) is 9. The molecule has 122 valence electrons. The Hall–Kier alpha value is 0.770. The molecule has 7 N–H and O–H groups in total. The van der Waals surface area contributed by atoms with Crippen LogP contribution in [0.5, 0.6) is 0 Å². The zero-order valence-corrected chi connectivity index (χ0v) is 11.5. The third kappa shape index (κ3) is 10.2. The van der Waals surface area contributed by atoms with Gasteiger partial charge in [0.15, 0.2) is 5.78 Å². The van der Waals surface area contributed by atoms with E-state index in [0.717, 1.165) is 0 Å². The van der Waals surface area contributed by atoms with Crippen LogP contribution < -0.4 is 0 Å². The third-order valence-corrected chi connectivity index (χ3v) is 3.95. The second kappa shape index (κ2) is 9.81. The van der Waals surface area contributed by atoms with E-state index in [1.54, 1.807) is 0 Å². The second-order valence-electron chi connectivity index (χ2n) is 3.47. The van der Waals surface area contributed by atoms with E-state index in [1.807, 2.05) is 0 Å². The molecule has 0 fully saturated rings. The number of phosphoric acid groups is 2. The van der Waals surface area contributed by atoms with E-state index in [-0.39, 0.29) is 29.6 Å². The molecule has 21 heavy (non-hydrogen) atoms. The van der Waals surface area contributed by atoms with Crippen molar-refractivity contribution in [2.75, 3.05) is 13.2 Å². The van der Waals surface area contributed by atoms with Gasteiger partial charge in [0.05, 0.1) is 6.61 Å². The minimum absolute atomic E-state index is 0. The predicted molar refractivity (Wildman–Crippen MR) is 66.2 cm³/mol. The quantitative estimate of drug-likeness (QED) is 0.155. The predicted octanol–water partition coefficient (Wildman–Crippen LogP) is -3.79. The summed E-state index contributed by atoms with van der Waals surface area (Å²) in [5.74, 6) is -1.39. The van der Waals surface area contributed by atoms with Gasteiger partial charge in [0.2, 0.25) is 0 Å². The maximum atomic E-state index is 11.2. The first-order chi connectivity index (χ1) is 8.89. The van der Waals surface area contributed by atoms with E-state index in [2.05, 4.69) is 8.83 Å². The summed E-state index contributed by atoms with van der Waals surface area (Å²) in [5, 5.41) is 35.8. The number of hydrogen-bond donors (Lipinski definition) is 7. The van der Waals surface area contributed by atoms with Crippen LogP contribution in [0.2, 0.25) is 0 Å². The Balaban J connectivity index is 0. The molecule has 0 saturated carbocycles. The van der Waals surface area contributed by atoms with Crippen LogP contribution in [-0.2, 0) is 22.8 Å². The van der Waals surface area contributed by atoms with Crippen LogP contribution in [0.4, 0.5) is 0 Å². The van der Waals surface area contributed by atoms with Crippen molar-refractivity contribution in [1.82, 2.24) is 0 Å². The van der Waals surface area contributed by atoms with E-state index < -0.39 is 53.0 Å². The van der Waals surface area contributed by atoms with Gasteiger partial charge < -0.3 is 35.1 Å². The van der Waals surface area contributed by atoms with Gasteiger partial charge >= 0.3 is 45.2 Å². The molecule has 0 saturated heterocycles. The molecule has 0 rings (SSSR count). The van der Waals surface area contributed by atoms with E-state index in [9.17, 15) is 19.0 Å². The first-order valence-electron chi connectivity index (χ1n) is 4.81. The third-order valence-electron chi connectivity index (χ3n) is 1.81.